The smallest absolute Gasteiger partial charge is 0.140 e. The van der Waals surface area contributed by atoms with E-state index in [1.54, 1.807) is 6.92 Å². The average Bonchev–Trinajstić information content (AvgIpc) is 3.17. The number of rotatable bonds is 3. The molecule has 2 heteroatoms. The van der Waals surface area contributed by atoms with Crippen LogP contribution in [0, 0.1) is 6.92 Å². The Morgan fingerprint density at radius 3 is 2.40 bits per heavy atom. The van der Waals surface area contributed by atoms with Crippen molar-refractivity contribution in [1.29, 1.82) is 0 Å². The quantitative estimate of drug-likeness (QED) is 0.801. The molecular formula is C18H17ClO. The van der Waals surface area contributed by atoms with Crippen LogP contribution in [0.15, 0.2) is 48.5 Å². The third-order valence-electron chi connectivity index (χ3n) is 4.49. The van der Waals surface area contributed by atoms with Crippen LogP contribution < -0.4 is 0 Å². The number of halogens is 1. The van der Waals surface area contributed by atoms with E-state index in [9.17, 15) is 4.79 Å². The van der Waals surface area contributed by atoms with Crippen LogP contribution in [0.25, 0.3) is 0 Å². The Morgan fingerprint density at radius 1 is 1.15 bits per heavy atom. The fourth-order valence-electron chi connectivity index (χ4n) is 3.31. The van der Waals surface area contributed by atoms with Gasteiger partial charge in [-0.25, -0.2) is 0 Å². The second kappa shape index (κ2) is 4.75. The van der Waals surface area contributed by atoms with Crippen molar-refractivity contribution < 1.29 is 4.79 Å². The summed E-state index contributed by atoms with van der Waals surface area (Å²) < 4.78 is 0. The zero-order chi connectivity index (χ0) is 14.3. The SMILES string of the molecule is CC(=O)[C@@]1(c2ccccc2C)C[C@H]1c1ccc(Cl)cc1. The first-order valence-corrected chi connectivity index (χ1v) is 7.26. The topological polar surface area (TPSA) is 17.1 Å². The highest BCUT2D eigenvalue weighted by Crippen LogP contribution is 2.61. The van der Waals surface area contributed by atoms with Crippen molar-refractivity contribution in [1.82, 2.24) is 0 Å². The molecule has 0 N–H and O–H groups in total. The van der Waals surface area contributed by atoms with Crippen LogP contribution in [-0.4, -0.2) is 5.78 Å². The first kappa shape index (κ1) is 13.4. The molecule has 0 saturated heterocycles. The zero-order valence-electron chi connectivity index (χ0n) is 11.7. The second-order valence-corrected chi connectivity index (χ2v) is 6.09. The molecule has 3 rings (SSSR count). The summed E-state index contributed by atoms with van der Waals surface area (Å²) in [5.41, 5.74) is 3.23. The van der Waals surface area contributed by atoms with Crippen molar-refractivity contribution in [3.63, 3.8) is 0 Å². The van der Waals surface area contributed by atoms with Crippen molar-refractivity contribution >= 4 is 17.4 Å². The maximum atomic E-state index is 12.3. The average molecular weight is 285 g/mol. The predicted octanol–water partition coefficient (Wildman–Crippen LogP) is 4.66. The Labute approximate surface area is 124 Å². The summed E-state index contributed by atoms with van der Waals surface area (Å²) in [6.07, 6.45) is 0.898. The molecule has 1 fully saturated rings. The lowest BCUT2D eigenvalue weighted by atomic mass is 9.85. The molecule has 0 heterocycles. The van der Waals surface area contributed by atoms with E-state index in [1.165, 1.54) is 16.7 Å². The van der Waals surface area contributed by atoms with E-state index in [2.05, 4.69) is 19.1 Å². The molecule has 1 saturated carbocycles. The molecule has 2 atom stereocenters. The molecule has 2 aromatic rings. The number of aryl methyl sites for hydroxylation is 1. The van der Waals surface area contributed by atoms with Gasteiger partial charge in [-0.2, -0.15) is 0 Å². The van der Waals surface area contributed by atoms with Crippen LogP contribution in [-0.2, 0) is 10.2 Å². The van der Waals surface area contributed by atoms with Crippen LogP contribution in [0.4, 0.5) is 0 Å². The molecule has 20 heavy (non-hydrogen) atoms. The molecule has 102 valence electrons. The minimum atomic E-state index is -0.334. The maximum absolute atomic E-state index is 12.3. The summed E-state index contributed by atoms with van der Waals surface area (Å²) >= 11 is 5.95. The molecule has 2 aromatic carbocycles. The van der Waals surface area contributed by atoms with Gasteiger partial charge in [-0.05, 0) is 49.1 Å². The molecule has 0 unspecified atom stereocenters. The Kier molecular flexibility index (Phi) is 3.18. The Hall–Kier alpha value is -1.60. The van der Waals surface area contributed by atoms with Crippen molar-refractivity contribution in [2.24, 2.45) is 0 Å². The summed E-state index contributed by atoms with van der Waals surface area (Å²) in [5.74, 6) is 0.533. The van der Waals surface area contributed by atoms with Gasteiger partial charge in [0, 0.05) is 10.9 Å². The number of hydrogen-bond acceptors (Lipinski definition) is 1. The lowest BCUT2D eigenvalue weighted by molar-refractivity contribution is -0.119. The molecule has 0 radical (unpaired) electrons. The number of Topliss-reactive ketones (excluding diaryl/α,β-unsaturated/α-hetero) is 1. The van der Waals surface area contributed by atoms with Crippen molar-refractivity contribution in [2.45, 2.75) is 31.6 Å². The van der Waals surface area contributed by atoms with Gasteiger partial charge in [0.15, 0.2) is 0 Å². The van der Waals surface area contributed by atoms with Crippen molar-refractivity contribution in [3.8, 4) is 0 Å². The summed E-state index contributed by atoms with van der Waals surface area (Å²) in [5, 5.41) is 0.735. The summed E-state index contributed by atoms with van der Waals surface area (Å²) in [6, 6.07) is 16.1. The van der Waals surface area contributed by atoms with Crippen LogP contribution in [0.2, 0.25) is 5.02 Å². The highest BCUT2D eigenvalue weighted by Gasteiger charge is 2.59. The first-order valence-electron chi connectivity index (χ1n) is 6.88. The van der Waals surface area contributed by atoms with Gasteiger partial charge in [-0.1, -0.05) is 48.0 Å². The highest BCUT2D eigenvalue weighted by molar-refractivity contribution is 6.30. The van der Waals surface area contributed by atoms with Crippen LogP contribution >= 0.6 is 11.6 Å². The predicted molar refractivity (Wildman–Crippen MR) is 82.3 cm³/mol. The molecule has 1 aliphatic carbocycles. The van der Waals surface area contributed by atoms with Gasteiger partial charge in [0.2, 0.25) is 0 Å². The Balaban J connectivity index is 2.04. The monoisotopic (exact) mass is 284 g/mol. The van der Waals surface area contributed by atoms with E-state index < -0.39 is 0 Å². The summed E-state index contributed by atoms with van der Waals surface area (Å²) in [6.45, 7) is 3.79. The number of hydrogen-bond donors (Lipinski definition) is 0. The van der Waals surface area contributed by atoms with Gasteiger partial charge in [0.25, 0.3) is 0 Å². The molecule has 0 spiro atoms. The largest absolute Gasteiger partial charge is 0.299 e. The van der Waals surface area contributed by atoms with Gasteiger partial charge >= 0.3 is 0 Å². The normalized spacial score (nSPS) is 24.4. The Bertz CT molecular complexity index is 659. The standard InChI is InChI=1S/C18H17ClO/c1-12-5-3-4-6-16(12)18(13(2)20)11-17(18)14-7-9-15(19)10-8-14/h3-10,17H,11H2,1-2H3/t17-,18+/m0/s1. The third kappa shape index (κ3) is 1.97. The Morgan fingerprint density at radius 2 is 1.80 bits per heavy atom. The van der Waals surface area contributed by atoms with E-state index in [1.807, 2.05) is 36.4 Å². The number of carbonyl (C=O) groups is 1. The molecular weight excluding hydrogens is 268 g/mol. The lowest BCUT2D eigenvalue weighted by Gasteiger charge is -2.17. The maximum Gasteiger partial charge on any atom is 0.140 e. The molecule has 1 nitrogen and oxygen atoms in total. The summed E-state index contributed by atoms with van der Waals surface area (Å²) in [7, 11) is 0. The van der Waals surface area contributed by atoms with Crippen molar-refractivity contribution in [3.05, 3.63) is 70.2 Å². The highest BCUT2D eigenvalue weighted by atomic mass is 35.5. The number of benzene rings is 2. The van der Waals surface area contributed by atoms with E-state index in [-0.39, 0.29) is 17.1 Å². The van der Waals surface area contributed by atoms with E-state index in [4.69, 9.17) is 11.6 Å². The third-order valence-corrected chi connectivity index (χ3v) is 4.74. The van der Waals surface area contributed by atoms with Crippen LogP contribution in [0.5, 0.6) is 0 Å². The lowest BCUT2D eigenvalue weighted by Crippen LogP contribution is -2.20. The van der Waals surface area contributed by atoms with Gasteiger partial charge in [0.05, 0.1) is 5.41 Å². The van der Waals surface area contributed by atoms with E-state index in [0.29, 0.717) is 0 Å². The zero-order valence-corrected chi connectivity index (χ0v) is 12.4. The van der Waals surface area contributed by atoms with Crippen molar-refractivity contribution in [2.75, 3.05) is 0 Å². The van der Waals surface area contributed by atoms with Gasteiger partial charge in [-0.3, -0.25) is 4.79 Å². The van der Waals surface area contributed by atoms with Crippen LogP contribution in [0.3, 0.4) is 0 Å². The van der Waals surface area contributed by atoms with E-state index in [0.717, 1.165) is 11.4 Å². The molecule has 0 amide bonds. The minimum Gasteiger partial charge on any atom is -0.299 e. The molecule has 0 aliphatic heterocycles. The fourth-order valence-corrected chi connectivity index (χ4v) is 3.44. The molecule has 0 aromatic heterocycles. The van der Waals surface area contributed by atoms with Gasteiger partial charge in [-0.15, -0.1) is 0 Å². The number of carbonyl (C=O) groups excluding carboxylic acids is 1. The summed E-state index contributed by atoms with van der Waals surface area (Å²) in [4.78, 5) is 12.3. The van der Waals surface area contributed by atoms with Gasteiger partial charge in [0.1, 0.15) is 5.78 Å². The van der Waals surface area contributed by atoms with E-state index >= 15 is 0 Å². The van der Waals surface area contributed by atoms with Gasteiger partial charge < -0.3 is 0 Å². The number of ketones is 1. The fraction of sp³-hybridized carbons (Fsp3) is 0.278. The first-order chi connectivity index (χ1) is 9.55. The second-order valence-electron chi connectivity index (χ2n) is 5.65. The molecule has 0 bridgehead atoms. The minimum absolute atomic E-state index is 0.256. The molecule has 1 aliphatic rings. The van der Waals surface area contributed by atoms with Crippen LogP contribution in [0.1, 0.15) is 36.0 Å².